The van der Waals surface area contributed by atoms with E-state index in [1.165, 1.54) is 0 Å². The van der Waals surface area contributed by atoms with Crippen LogP contribution in [0.2, 0.25) is 0 Å². The van der Waals surface area contributed by atoms with Crippen molar-refractivity contribution in [2.45, 2.75) is 19.9 Å². The van der Waals surface area contributed by atoms with Crippen molar-refractivity contribution in [1.29, 1.82) is 0 Å². The molecule has 0 bridgehead atoms. The lowest BCUT2D eigenvalue weighted by Crippen LogP contribution is -2.19. The number of hydrogen-bond acceptors (Lipinski definition) is 2. The first-order chi connectivity index (χ1) is 6.75. The average Bonchev–Trinajstić information content (AvgIpc) is 2.19. The lowest BCUT2D eigenvalue weighted by molar-refractivity contribution is 0.0999. The zero-order valence-electron chi connectivity index (χ0n) is 8.42. The Labute approximate surface area is 84.3 Å². The minimum Gasteiger partial charge on any atom is -0.366 e. The van der Waals surface area contributed by atoms with Crippen LogP contribution in [0.5, 0.6) is 0 Å². The highest BCUT2D eigenvalue weighted by Gasteiger charge is 2.05. The molecule has 76 valence electrons. The molecule has 1 aromatic carbocycles. The molecule has 3 heteroatoms. The molecule has 0 aliphatic rings. The molecule has 0 unspecified atom stereocenters. The lowest BCUT2D eigenvalue weighted by atomic mass is 10.1. The number of rotatable bonds is 5. The van der Waals surface area contributed by atoms with Crippen LogP contribution in [0.25, 0.3) is 0 Å². The summed E-state index contributed by atoms with van der Waals surface area (Å²) in [5, 5.41) is 3.24. The fraction of sp³-hybridized carbons (Fsp3) is 0.364. The Bertz CT molecular complexity index is 310. The van der Waals surface area contributed by atoms with Crippen LogP contribution in [0.4, 0.5) is 0 Å². The number of benzene rings is 1. The Balaban J connectivity index is 2.69. The van der Waals surface area contributed by atoms with Crippen molar-refractivity contribution in [1.82, 2.24) is 5.32 Å². The molecule has 0 heterocycles. The van der Waals surface area contributed by atoms with Gasteiger partial charge in [-0.1, -0.05) is 25.1 Å². The van der Waals surface area contributed by atoms with Gasteiger partial charge in [0.15, 0.2) is 0 Å². The molecule has 0 aliphatic heterocycles. The summed E-state index contributed by atoms with van der Waals surface area (Å²) in [6.07, 6.45) is 1.08. The number of nitrogens with two attached hydrogens (primary N) is 1. The first-order valence-corrected chi connectivity index (χ1v) is 4.84. The standard InChI is InChI=1S/C11H16N2O/c1-2-7-13-8-9-5-3-4-6-10(9)11(12)14/h3-6,13H,2,7-8H2,1H3,(H2,12,14). The number of carbonyl (C=O) groups is 1. The summed E-state index contributed by atoms with van der Waals surface area (Å²) in [6.45, 7) is 3.76. The first-order valence-electron chi connectivity index (χ1n) is 4.84. The summed E-state index contributed by atoms with van der Waals surface area (Å²) >= 11 is 0. The molecule has 1 rings (SSSR count). The SMILES string of the molecule is CCCNCc1ccccc1C(N)=O. The van der Waals surface area contributed by atoms with Crippen LogP contribution in [-0.2, 0) is 6.54 Å². The highest BCUT2D eigenvalue weighted by Crippen LogP contribution is 2.07. The molecule has 0 saturated heterocycles. The minimum atomic E-state index is -0.362. The van der Waals surface area contributed by atoms with Crippen LogP contribution in [0.3, 0.4) is 0 Å². The number of primary amides is 1. The Morgan fingerprint density at radius 2 is 2.14 bits per heavy atom. The van der Waals surface area contributed by atoms with Crippen molar-refractivity contribution >= 4 is 5.91 Å². The molecule has 0 saturated carbocycles. The molecule has 0 aromatic heterocycles. The van der Waals surface area contributed by atoms with Gasteiger partial charge in [0.05, 0.1) is 0 Å². The van der Waals surface area contributed by atoms with Gasteiger partial charge in [-0.15, -0.1) is 0 Å². The molecule has 0 aliphatic carbocycles. The van der Waals surface area contributed by atoms with Gasteiger partial charge >= 0.3 is 0 Å². The van der Waals surface area contributed by atoms with E-state index < -0.39 is 0 Å². The number of nitrogens with one attached hydrogen (secondary N) is 1. The third-order valence-electron chi connectivity index (χ3n) is 2.03. The highest BCUT2D eigenvalue weighted by atomic mass is 16.1. The van der Waals surface area contributed by atoms with E-state index in [-0.39, 0.29) is 5.91 Å². The molecule has 1 aromatic rings. The van der Waals surface area contributed by atoms with Crippen LogP contribution in [0, 0.1) is 0 Å². The van der Waals surface area contributed by atoms with Gasteiger partial charge in [-0.25, -0.2) is 0 Å². The molecular formula is C11H16N2O. The van der Waals surface area contributed by atoms with E-state index in [0.29, 0.717) is 12.1 Å². The third kappa shape index (κ3) is 2.85. The van der Waals surface area contributed by atoms with Gasteiger partial charge in [0.25, 0.3) is 0 Å². The normalized spacial score (nSPS) is 10.1. The number of carbonyl (C=O) groups excluding carboxylic acids is 1. The van der Waals surface area contributed by atoms with Crippen molar-refractivity contribution in [3.63, 3.8) is 0 Å². The Morgan fingerprint density at radius 3 is 2.79 bits per heavy atom. The molecule has 1 amide bonds. The van der Waals surface area contributed by atoms with Gasteiger partial charge in [0.1, 0.15) is 0 Å². The molecule has 14 heavy (non-hydrogen) atoms. The maximum Gasteiger partial charge on any atom is 0.249 e. The van der Waals surface area contributed by atoms with Crippen molar-refractivity contribution in [3.8, 4) is 0 Å². The van der Waals surface area contributed by atoms with Crippen molar-refractivity contribution in [2.75, 3.05) is 6.54 Å². The number of amides is 1. The van der Waals surface area contributed by atoms with Gasteiger partial charge in [0, 0.05) is 12.1 Å². The van der Waals surface area contributed by atoms with Crippen molar-refractivity contribution in [3.05, 3.63) is 35.4 Å². The summed E-state index contributed by atoms with van der Waals surface area (Å²) in [7, 11) is 0. The van der Waals surface area contributed by atoms with E-state index in [9.17, 15) is 4.79 Å². The third-order valence-corrected chi connectivity index (χ3v) is 2.03. The summed E-state index contributed by atoms with van der Waals surface area (Å²) in [5.41, 5.74) is 6.83. The van der Waals surface area contributed by atoms with Crippen LogP contribution in [0.1, 0.15) is 29.3 Å². The van der Waals surface area contributed by atoms with Gasteiger partial charge in [-0.3, -0.25) is 4.79 Å². The summed E-state index contributed by atoms with van der Waals surface area (Å²) in [4.78, 5) is 11.0. The second kappa shape index (κ2) is 5.40. The second-order valence-corrected chi connectivity index (χ2v) is 3.20. The van der Waals surface area contributed by atoms with Crippen molar-refractivity contribution in [2.24, 2.45) is 5.73 Å². The fourth-order valence-electron chi connectivity index (χ4n) is 1.31. The highest BCUT2D eigenvalue weighted by molar-refractivity contribution is 5.94. The smallest absolute Gasteiger partial charge is 0.249 e. The maximum atomic E-state index is 11.0. The predicted molar refractivity (Wildman–Crippen MR) is 57.0 cm³/mol. The van der Waals surface area contributed by atoms with Crippen LogP contribution in [0.15, 0.2) is 24.3 Å². The van der Waals surface area contributed by atoms with E-state index >= 15 is 0 Å². The summed E-state index contributed by atoms with van der Waals surface area (Å²) < 4.78 is 0. The molecule has 3 nitrogen and oxygen atoms in total. The number of hydrogen-bond donors (Lipinski definition) is 2. The molecule has 0 atom stereocenters. The zero-order valence-corrected chi connectivity index (χ0v) is 8.42. The zero-order chi connectivity index (χ0) is 10.4. The van der Waals surface area contributed by atoms with Crippen molar-refractivity contribution < 1.29 is 4.79 Å². The van der Waals surface area contributed by atoms with Gasteiger partial charge in [0.2, 0.25) is 5.91 Å². The topological polar surface area (TPSA) is 55.1 Å². The molecule has 3 N–H and O–H groups in total. The Morgan fingerprint density at radius 1 is 1.43 bits per heavy atom. The van der Waals surface area contributed by atoms with Crippen LogP contribution < -0.4 is 11.1 Å². The quantitative estimate of drug-likeness (QED) is 0.690. The van der Waals surface area contributed by atoms with E-state index in [1.807, 2.05) is 18.2 Å². The molecule has 0 radical (unpaired) electrons. The van der Waals surface area contributed by atoms with Crippen LogP contribution >= 0.6 is 0 Å². The average molecular weight is 192 g/mol. The predicted octanol–water partition coefficient (Wildman–Crippen LogP) is 1.29. The van der Waals surface area contributed by atoms with Crippen LogP contribution in [-0.4, -0.2) is 12.5 Å². The summed E-state index contributed by atoms with van der Waals surface area (Å²) in [5.74, 6) is -0.362. The monoisotopic (exact) mass is 192 g/mol. The summed E-state index contributed by atoms with van der Waals surface area (Å²) in [6, 6.07) is 7.41. The fourth-order valence-corrected chi connectivity index (χ4v) is 1.31. The molecular weight excluding hydrogens is 176 g/mol. The Hall–Kier alpha value is -1.35. The molecule has 0 fully saturated rings. The van der Waals surface area contributed by atoms with E-state index in [4.69, 9.17) is 5.73 Å². The van der Waals surface area contributed by atoms with E-state index in [1.54, 1.807) is 6.07 Å². The maximum absolute atomic E-state index is 11.0. The lowest BCUT2D eigenvalue weighted by Gasteiger charge is -2.06. The Kier molecular flexibility index (Phi) is 4.13. The van der Waals surface area contributed by atoms with E-state index in [2.05, 4.69) is 12.2 Å². The minimum absolute atomic E-state index is 0.362. The first kappa shape index (κ1) is 10.7. The van der Waals surface area contributed by atoms with Gasteiger partial charge in [-0.05, 0) is 24.6 Å². The van der Waals surface area contributed by atoms with E-state index in [0.717, 1.165) is 18.5 Å². The van der Waals surface area contributed by atoms with Gasteiger partial charge in [-0.2, -0.15) is 0 Å². The molecule has 0 spiro atoms. The largest absolute Gasteiger partial charge is 0.366 e. The van der Waals surface area contributed by atoms with Gasteiger partial charge < -0.3 is 11.1 Å². The second-order valence-electron chi connectivity index (χ2n) is 3.20.